The molecule has 0 fully saturated rings. The Kier molecular flexibility index (Phi) is 3.20. The highest BCUT2D eigenvalue weighted by Crippen LogP contribution is 2.34. The van der Waals surface area contributed by atoms with Gasteiger partial charge in [-0.05, 0) is 30.7 Å². The lowest BCUT2D eigenvalue weighted by Gasteiger charge is -2.06. The van der Waals surface area contributed by atoms with Crippen LogP contribution in [-0.4, -0.2) is 21.7 Å². The Morgan fingerprint density at radius 3 is 2.78 bits per heavy atom. The molecule has 2 aromatic heterocycles. The molecule has 0 saturated carbocycles. The minimum atomic E-state index is 0.587. The number of aromatic nitrogens is 3. The quantitative estimate of drug-likeness (QED) is 0.544. The Bertz CT molecular complexity index is 1040. The Morgan fingerprint density at radius 2 is 1.96 bits per heavy atom. The average molecular weight is 324 g/mol. The number of aryl methyl sites for hydroxylation is 1. The van der Waals surface area contributed by atoms with Crippen LogP contribution in [-0.2, 0) is 0 Å². The zero-order valence-electron chi connectivity index (χ0n) is 12.7. The topological polar surface area (TPSA) is 39.4 Å². The molecule has 0 aliphatic rings. The summed E-state index contributed by atoms with van der Waals surface area (Å²) in [6, 6.07) is 13.8. The van der Waals surface area contributed by atoms with Crippen molar-refractivity contribution in [2.75, 3.05) is 7.11 Å². The molecule has 0 amide bonds. The average Bonchev–Trinajstić information content (AvgIpc) is 2.92. The van der Waals surface area contributed by atoms with Crippen LogP contribution in [0.4, 0.5) is 0 Å². The normalized spacial score (nSPS) is 11.3. The van der Waals surface area contributed by atoms with E-state index in [1.807, 2.05) is 60.1 Å². The van der Waals surface area contributed by atoms with E-state index in [0.29, 0.717) is 10.8 Å². The van der Waals surface area contributed by atoms with Gasteiger partial charge in [0.15, 0.2) is 5.65 Å². The van der Waals surface area contributed by atoms with Crippen LogP contribution in [0.1, 0.15) is 5.69 Å². The summed E-state index contributed by atoms with van der Waals surface area (Å²) in [5.41, 5.74) is 4.75. The van der Waals surface area contributed by atoms with Crippen molar-refractivity contribution in [3.8, 4) is 16.9 Å². The van der Waals surface area contributed by atoms with Crippen LogP contribution in [0, 0.1) is 6.92 Å². The predicted octanol–water partition coefficient (Wildman–Crippen LogP) is 4.52. The summed E-state index contributed by atoms with van der Waals surface area (Å²) in [5.74, 6) is 0.642. The fourth-order valence-electron chi connectivity index (χ4n) is 2.88. The SMILES string of the molecule is COc1cc(-c2c(C)nn3c2ncc2ccccc23)ccc1Cl. The van der Waals surface area contributed by atoms with E-state index in [9.17, 15) is 0 Å². The summed E-state index contributed by atoms with van der Waals surface area (Å²) in [6.07, 6.45) is 1.88. The molecule has 2 heterocycles. The molecule has 114 valence electrons. The molecule has 0 unspecified atom stereocenters. The molecule has 0 N–H and O–H groups in total. The van der Waals surface area contributed by atoms with Gasteiger partial charge >= 0.3 is 0 Å². The van der Waals surface area contributed by atoms with E-state index >= 15 is 0 Å². The van der Waals surface area contributed by atoms with Crippen molar-refractivity contribution in [1.29, 1.82) is 0 Å². The summed E-state index contributed by atoms with van der Waals surface area (Å²) in [5, 5.41) is 6.32. The van der Waals surface area contributed by atoms with Gasteiger partial charge in [0, 0.05) is 17.1 Å². The molecule has 0 radical (unpaired) electrons. The first-order chi connectivity index (χ1) is 11.2. The zero-order chi connectivity index (χ0) is 16.0. The third kappa shape index (κ3) is 2.14. The predicted molar refractivity (Wildman–Crippen MR) is 92.2 cm³/mol. The van der Waals surface area contributed by atoms with Gasteiger partial charge in [0.1, 0.15) is 5.75 Å². The lowest BCUT2D eigenvalue weighted by Crippen LogP contribution is -1.92. The Balaban J connectivity index is 2.04. The minimum Gasteiger partial charge on any atom is -0.495 e. The van der Waals surface area contributed by atoms with Crippen LogP contribution < -0.4 is 4.74 Å². The summed E-state index contributed by atoms with van der Waals surface area (Å²) in [6.45, 7) is 1.99. The minimum absolute atomic E-state index is 0.587. The van der Waals surface area contributed by atoms with E-state index in [1.165, 1.54) is 0 Å². The van der Waals surface area contributed by atoms with E-state index in [0.717, 1.165) is 33.4 Å². The zero-order valence-corrected chi connectivity index (χ0v) is 13.5. The number of benzene rings is 2. The number of halogens is 1. The highest BCUT2D eigenvalue weighted by molar-refractivity contribution is 6.32. The fraction of sp³-hybridized carbons (Fsp3) is 0.111. The molecule has 5 heteroatoms. The van der Waals surface area contributed by atoms with Crippen LogP contribution in [0.3, 0.4) is 0 Å². The third-order valence-electron chi connectivity index (χ3n) is 3.97. The summed E-state index contributed by atoms with van der Waals surface area (Å²) in [7, 11) is 1.61. The van der Waals surface area contributed by atoms with Crippen LogP contribution in [0.5, 0.6) is 5.75 Å². The van der Waals surface area contributed by atoms with Crippen molar-refractivity contribution in [3.05, 3.63) is 59.4 Å². The van der Waals surface area contributed by atoms with Crippen molar-refractivity contribution < 1.29 is 4.74 Å². The number of fused-ring (bicyclic) bond motifs is 3. The summed E-state index contributed by atoms with van der Waals surface area (Å²) >= 11 is 6.13. The van der Waals surface area contributed by atoms with Gasteiger partial charge in [-0.25, -0.2) is 9.50 Å². The van der Waals surface area contributed by atoms with Crippen molar-refractivity contribution in [2.45, 2.75) is 6.92 Å². The number of rotatable bonds is 2. The number of methoxy groups -OCH3 is 1. The maximum Gasteiger partial charge on any atom is 0.163 e. The molecule has 0 atom stereocenters. The van der Waals surface area contributed by atoms with Gasteiger partial charge in [-0.15, -0.1) is 0 Å². The van der Waals surface area contributed by atoms with E-state index in [4.69, 9.17) is 16.3 Å². The molecule has 0 spiro atoms. The van der Waals surface area contributed by atoms with Gasteiger partial charge in [0.25, 0.3) is 0 Å². The molecule has 0 aliphatic carbocycles. The van der Waals surface area contributed by atoms with E-state index in [-0.39, 0.29) is 0 Å². The Labute approximate surface area is 138 Å². The van der Waals surface area contributed by atoms with E-state index in [2.05, 4.69) is 10.1 Å². The lowest BCUT2D eigenvalue weighted by atomic mass is 10.1. The van der Waals surface area contributed by atoms with Crippen molar-refractivity contribution in [1.82, 2.24) is 14.6 Å². The molecular weight excluding hydrogens is 310 g/mol. The molecule has 4 nitrogen and oxygen atoms in total. The Morgan fingerprint density at radius 1 is 1.13 bits per heavy atom. The van der Waals surface area contributed by atoms with Gasteiger partial charge in [0.2, 0.25) is 0 Å². The number of ether oxygens (including phenoxy) is 1. The van der Waals surface area contributed by atoms with Gasteiger partial charge in [0.05, 0.1) is 23.3 Å². The van der Waals surface area contributed by atoms with Crippen molar-refractivity contribution in [3.63, 3.8) is 0 Å². The van der Waals surface area contributed by atoms with Crippen LogP contribution in [0.15, 0.2) is 48.7 Å². The smallest absolute Gasteiger partial charge is 0.163 e. The second kappa shape index (κ2) is 5.25. The number of para-hydroxylation sites is 1. The van der Waals surface area contributed by atoms with Crippen molar-refractivity contribution in [2.24, 2.45) is 0 Å². The molecule has 0 bridgehead atoms. The highest BCUT2D eigenvalue weighted by atomic mass is 35.5. The molecule has 0 saturated heterocycles. The van der Waals surface area contributed by atoms with Gasteiger partial charge < -0.3 is 4.74 Å². The number of hydrogen-bond acceptors (Lipinski definition) is 3. The second-order valence-corrected chi connectivity index (χ2v) is 5.77. The standard InChI is InChI=1S/C18H14ClN3O/c1-11-17(12-7-8-14(19)16(9-12)23-2)18-20-10-13-5-3-4-6-15(13)22(18)21-11/h3-10H,1-2H3. The third-order valence-corrected chi connectivity index (χ3v) is 4.28. The van der Waals surface area contributed by atoms with Gasteiger partial charge in [-0.3, -0.25) is 0 Å². The number of hydrogen-bond donors (Lipinski definition) is 0. The first kappa shape index (κ1) is 14.0. The molecular formula is C18H14ClN3O. The summed E-state index contributed by atoms with van der Waals surface area (Å²) < 4.78 is 7.22. The first-order valence-corrected chi connectivity index (χ1v) is 7.64. The first-order valence-electron chi connectivity index (χ1n) is 7.26. The van der Waals surface area contributed by atoms with Gasteiger partial charge in [-0.1, -0.05) is 35.9 Å². The summed E-state index contributed by atoms with van der Waals surface area (Å²) in [4.78, 5) is 4.61. The van der Waals surface area contributed by atoms with Crippen LogP contribution in [0.25, 0.3) is 27.7 Å². The maximum absolute atomic E-state index is 6.13. The second-order valence-electron chi connectivity index (χ2n) is 5.36. The molecule has 4 aromatic rings. The van der Waals surface area contributed by atoms with Gasteiger partial charge in [-0.2, -0.15) is 5.10 Å². The molecule has 0 aliphatic heterocycles. The highest BCUT2D eigenvalue weighted by Gasteiger charge is 2.16. The number of nitrogens with zero attached hydrogens (tertiary/aromatic N) is 3. The van der Waals surface area contributed by atoms with Crippen LogP contribution >= 0.6 is 11.6 Å². The van der Waals surface area contributed by atoms with E-state index in [1.54, 1.807) is 7.11 Å². The maximum atomic E-state index is 6.13. The fourth-order valence-corrected chi connectivity index (χ4v) is 3.07. The molecule has 2 aromatic carbocycles. The lowest BCUT2D eigenvalue weighted by molar-refractivity contribution is 0.415. The van der Waals surface area contributed by atoms with E-state index < -0.39 is 0 Å². The largest absolute Gasteiger partial charge is 0.495 e. The van der Waals surface area contributed by atoms with Crippen LogP contribution in [0.2, 0.25) is 5.02 Å². The van der Waals surface area contributed by atoms with Crippen molar-refractivity contribution >= 4 is 28.2 Å². The monoisotopic (exact) mass is 323 g/mol. The molecule has 4 rings (SSSR count). The molecule has 23 heavy (non-hydrogen) atoms. The Hall–Kier alpha value is -2.59.